The summed E-state index contributed by atoms with van der Waals surface area (Å²) in [6.45, 7) is 3.78. The van der Waals surface area contributed by atoms with Crippen LogP contribution in [-0.2, 0) is 0 Å². The van der Waals surface area contributed by atoms with Crippen molar-refractivity contribution in [2.75, 3.05) is 0 Å². The van der Waals surface area contributed by atoms with E-state index in [9.17, 15) is 10.2 Å². The van der Waals surface area contributed by atoms with E-state index in [2.05, 4.69) is 15.9 Å². The van der Waals surface area contributed by atoms with Crippen molar-refractivity contribution in [2.24, 2.45) is 11.7 Å². The van der Waals surface area contributed by atoms with Crippen LogP contribution in [-0.4, -0.2) is 16.3 Å². The molecule has 2 atom stereocenters. The van der Waals surface area contributed by atoms with Crippen molar-refractivity contribution in [3.63, 3.8) is 0 Å². The number of rotatable bonds is 3. The lowest BCUT2D eigenvalue weighted by atomic mass is 9.94. The fourth-order valence-electron chi connectivity index (χ4n) is 1.40. The smallest absolute Gasteiger partial charge is 0.121 e. The maximum Gasteiger partial charge on any atom is 0.121 e. The first kappa shape index (κ1) is 12.5. The molecule has 1 aromatic rings. The third-order valence-electron chi connectivity index (χ3n) is 2.40. The van der Waals surface area contributed by atoms with Gasteiger partial charge in [0.1, 0.15) is 5.75 Å². The van der Waals surface area contributed by atoms with Gasteiger partial charge in [-0.1, -0.05) is 35.8 Å². The van der Waals surface area contributed by atoms with Gasteiger partial charge in [0.2, 0.25) is 0 Å². The number of halogens is 1. The monoisotopic (exact) mass is 273 g/mol. The average Bonchev–Trinajstić information content (AvgIpc) is 2.15. The minimum Gasteiger partial charge on any atom is -0.508 e. The second kappa shape index (κ2) is 4.96. The van der Waals surface area contributed by atoms with E-state index in [1.807, 2.05) is 13.8 Å². The minimum atomic E-state index is -0.655. The fraction of sp³-hybridized carbons (Fsp3) is 0.455. The van der Waals surface area contributed by atoms with Crippen LogP contribution in [0.15, 0.2) is 22.7 Å². The Morgan fingerprint density at radius 2 is 1.93 bits per heavy atom. The van der Waals surface area contributed by atoms with Crippen molar-refractivity contribution < 1.29 is 10.2 Å². The molecule has 0 saturated heterocycles. The van der Waals surface area contributed by atoms with E-state index in [0.717, 1.165) is 4.47 Å². The van der Waals surface area contributed by atoms with Gasteiger partial charge in [-0.3, -0.25) is 0 Å². The SMILES string of the molecule is CC(C)[C@H](O)[C@H](N)c1ccc(Br)cc1O. The zero-order valence-corrected chi connectivity index (χ0v) is 10.4. The first-order valence-electron chi connectivity index (χ1n) is 4.85. The highest BCUT2D eigenvalue weighted by molar-refractivity contribution is 9.10. The molecule has 0 aliphatic rings. The molecule has 0 aliphatic carbocycles. The van der Waals surface area contributed by atoms with Crippen LogP contribution in [0.4, 0.5) is 0 Å². The molecule has 1 rings (SSSR count). The molecule has 3 nitrogen and oxygen atoms in total. The highest BCUT2D eigenvalue weighted by Gasteiger charge is 2.22. The molecule has 0 saturated carbocycles. The van der Waals surface area contributed by atoms with E-state index in [1.165, 1.54) is 0 Å². The number of hydrogen-bond donors (Lipinski definition) is 3. The molecular weight excluding hydrogens is 258 g/mol. The summed E-state index contributed by atoms with van der Waals surface area (Å²) in [5, 5.41) is 19.5. The normalized spacial score (nSPS) is 15.3. The number of benzene rings is 1. The minimum absolute atomic E-state index is 0.0584. The molecule has 0 aromatic heterocycles. The second-order valence-electron chi connectivity index (χ2n) is 3.96. The van der Waals surface area contributed by atoms with Gasteiger partial charge in [0.05, 0.1) is 12.1 Å². The first-order chi connectivity index (χ1) is 6.93. The van der Waals surface area contributed by atoms with Crippen LogP contribution < -0.4 is 5.73 Å². The Bertz CT molecular complexity index is 341. The van der Waals surface area contributed by atoms with Crippen LogP contribution >= 0.6 is 15.9 Å². The van der Waals surface area contributed by atoms with Crippen molar-refractivity contribution in [3.8, 4) is 5.75 Å². The van der Waals surface area contributed by atoms with Gasteiger partial charge in [-0.2, -0.15) is 0 Å². The van der Waals surface area contributed by atoms with Gasteiger partial charge >= 0.3 is 0 Å². The summed E-state index contributed by atoms with van der Waals surface area (Å²) in [6.07, 6.45) is -0.655. The van der Waals surface area contributed by atoms with Gasteiger partial charge in [0.15, 0.2) is 0 Å². The summed E-state index contributed by atoms with van der Waals surface area (Å²) in [5.41, 5.74) is 6.43. The molecule has 4 N–H and O–H groups in total. The molecular formula is C11H16BrNO2. The molecule has 0 spiro atoms. The van der Waals surface area contributed by atoms with Gasteiger partial charge < -0.3 is 15.9 Å². The molecule has 4 heteroatoms. The summed E-state index contributed by atoms with van der Waals surface area (Å²) in [7, 11) is 0. The Morgan fingerprint density at radius 3 is 2.40 bits per heavy atom. The predicted molar refractivity (Wildman–Crippen MR) is 63.6 cm³/mol. The number of hydrogen-bond acceptors (Lipinski definition) is 3. The van der Waals surface area contributed by atoms with Crippen molar-refractivity contribution >= 4 is 15.9 Å². The van der Waals surface area contributed by atoms with Gasteiger partial charge in [0.25, 0.3) is 0 Å². The van der Waals surface area contributed by atoms with Crippen molar-refractivity contribution in [2.45, 2.75) is 26.0 Å². The number of aliphatic hydroxyl groups is 1. The number of phenolic OH excluding ortho intramolecular Hbond substituents is 1. The van der Waals surface area contributed by atoms with Crippen LogP contribution in [0.5, 0.6) is 5.75 Å². The van der Waals surface area contributed by atoms with E-state index in [1.54, 1.807) is 18.2 Å². The predicted octanol–water partition coefficient (Wildman–Crippen LogP) is 2.17. The first-order valence-corrected chi connectivity index (χ1v) is 5.65. The van der Waals surface area contributed by atoms with E-state index in [0.29, 0.717) is 5.56 Å². The molecule has 15 heavy (non-hydrogen) atoms. The largest absolute Gasteiger partial charge is 0.508 e. The van der Waals surface area contributed by atoms with Crippen LogP contribution in [0.25, 0.3) is 0 Å². The number of aromatic hydroxyl groups is 1. The van der Waals surface area contributed by atoms with Crippen molar-refractivity contribution in [1.29, 1.82) is 0 Å². The molecule has 0 unspecified atom stereocenters. The zero-order valence-electron chi connectivity index (χ0n) is 8.81. The molecule has 0 fully saturated rings. The third-order valence-corrected chi connectivity index (χ3v) is 2.90. The molecule has 84 valence electrons. The van der Waals surface area contributed by atoms with Gasteiger partial charge in [-0.05, 0) is 18.1 Å². The molecule has 0 radical (unpaired) electrons. The van der Waals surface area contributed by atoms with Crippen LogP contribution in [0.2, 0.25) is 0 Å². The van der Waals surface area contributed by atoms with E-state index in [-0.39, 0.29) is 11.7 Å². The van der Waals surface area contributed by atoms with E-state index in [4.69, 9.17) is 5.73 Å². The second-order valence-corrected chi connectivity index (χ2v) is 4.88. The van der Waals surface area contributed by atoms with E-state index < -0.39 is 12.1 Å². The van der Waals surface area contributed by atoms with Crippen LogP contribution in [0.1, 0.15) is 25.5 Å². The summed E-state index contributed by atoms with van der Waals surface area (Å²) in [5.74, 6) is 0.166. The van der Waals surface area contributed by atoms with Crippen LogP contribution in [0, 0.1) is 5.92 Å². The lowest BCUT2D eigenvalue weighted by Gasteiger charge is -2.23. The highest BCUT2D eigenvalue weighted by atomic mass is 79.9. The Kier molecular flexibility index (Phi) is 4.13. The summed E-state index contributed by atoms with van der Waals surface area (Å²) < 4.78 is 0.787. The molecule has 1 aromatic carbocycles. The Morgan fingerprint density at radius 1 is 1.33 bits per heavy atom. The maximum atomic E-state index is 9.79. The van der Waals surface area contributed by atoms with E-state index >= 15 is 0 Å². The Labute approximate surface area is 98.1 Å². The summed E-state index contributed by atoms with van der Waals surface area (Å²) >= 11 is 3.25. The number of phenols is 1. The van der Waals surface area contributed by atoms with Gasteiger partial charge in [-0.15, -0.1) is 0 Å². The summed E-state index contributed by atoms with van der Waals surface area (Å²) in [6, 6.07) is 4.53. The molecule has 0 bridgehead atoms. The number of aliphatic hydroxyl groups excluding tert-OH is 1. The van der Waals surface area contributed by atoms with Crippen molar-refractivity contribution in [3.05, 3.63) is 28.2 Å². The molecule has 0 heterocycles. The lowest BCUT2D eigenvalue weighted by molar-refractivity contribution is 0.0970. The number of nitrogens with two attached hydrogens (primary N) is 1. The van der Waals surface area contributed by atoms with Crippen LogP contribution in [0.3, 0.4) is 0 Å². The Hall–Kier alpha value is -0.580. The molecule has 0 amide bonds. The van der Waals surface area contributed by atoms with Gasteiger partial charge in [-0.25, -0.2) is 0 Å². The third kappa shape index (κ3) is 2.93. The fourth-order valence-corrected chi connectivity index (χ4v) is 1.75. The quantitative estimate of drug-likeness (QED) is 0.791. The average molecular weight is 274 g/mol. The standard InChI is InChI=1S/C11H16BrNO2/c1-6(2)11(15)10(13)8-4-3-7(12)5-9(8)14/h3-6,10-11,14-15H,13H2,1-2H3/t10-,11+/m1/s1. The lowest BCUT2D eigenvalue weighted by Crippen LogP contribution is -2.30. The zero-order chi connectivity index (χ0) is 11.6. The highest BCUT2D eigenvalue weighted by Crippen LogP contribution is 2.29. The maximum absolute atomic E-state index is 9.79. The van der Waals surface area contributed by atoms with Crippen molar-refractivity contribution in [1.82, 2.24) is 0 Å². The topological polar surface area (TPSA) is 66.5 Å². The van der Waals surface area contributed by atoms with Gasteiger partial charge in [0, 0.05) is 10.0 Å². The molecule has 0 aliphatic heterocycles. The summed E-state index contributed by atoms with van der Waals surface area (Å²) in [4.78, 5) is 0. The Balaban J connectivity index is 2.96.